The molecule has 106 valence electrons. The Bertz CT molecular complexity index is 564. The maximum absolute atomic E-state index is 4.47. The van der Waals surface area contributed by atoms with Gasteiger partial charge in [0.1, 0.15) is 5.82 Å². The fourth-order valence-corrected chi connectivity index (χ4v) is 2.04. The molecule has 1 aromatic heterocycles. The SMILES string of the molecule is Cc1cccc(N(C)c2cc(CNC(C)C)ccn2)c1. The molecule has 2 aromatic rings. The molecule has 1 heterocycles. The average molecular weight is 269 g/mol. The fraction of sp³-hybridized carbons (Fsp3) is 0.353. The van der Waals surface area contributed by atoms with Gasteiger partial charge in [0.15, 0.2) is 0 Å². The number of nitrogens with one attached hydrogen (secondary N) is 1. The van der Waals surface area contributed by atoms with Crippen LogP contribution in [0.25, 0.3) is 0 Å². The molecular weight excluding hydrogens is 246 g/mol. The molecule has 3 nitrogen and oxygen atoms in total. The molecule has 0 saturated carbocycles. The number of pyridine rings is 1. The third-order valence-electron chi connectivity index (χ3n) is 3.26. The van der Waals surface area contributed by atoms with E-state index in [1.54, 1.807) is 0 Å². The van der Waals surface area contributed by atoms with Gasteiger partial charge in [-0.05, 0) is 42.3 Å². The lowest BCUT2D eigenvalue weighted by Gasteiger charge is -2.19. The van der Waals surface area contributed by atoms with Gasteiger partial charge in [0.2, 0.25) is 0 Å². The Morgan fingerprint density at radius 3 is 2.70 bits per heavy atom. The minimum absolute atomic E-state index is 0.487. The molecule has 0 fully saturated rings. The molecule has 0 bridgehead atoms. The largest absolute Gasteiger partial charge is 0.329 e. The number of hydrogen-bond acceptors (Lipinski definition) is 3. The van der Waals surface area contributed by atoms with Crippen molar-refractivity contribution >= 4 is 11.5 Å². The summed E-state index contributed by atoms with van der Waals surface area (Å²) in [6, 6.07) is 13.1. The molecule has 0 aliphatic rings. The molecule has 0 spiro atoms. The molecule has 1 N–H and O–H groups in total. The van der Waals surface area contributed by atoms with Gasteiger partial charge in [-0.25, -0.2) is 4.98 Å². The lowest BCUT2D eigenvalue weighted by atomic mass is 10.2. The van der Waals surface area contributed by atoms with Gasteiger partial charge < -0.3 is 10.2 Å². The van der Waals surface area contributed by atoms with E-state index < -0.39 is 0 Å². The van der Waals surface area contributed by atoms with Crippen LogP contribution < -0.4 is 10.2 Å². The second-order valence-electron chi connectivity index (χ2n) is 5.46. The Balaban J connectivity index is 2.17. The van der Waals surface area contributed by atoms with Crippen molar-refractivity contribution in [2.24, 2.45) is 0 Å². The predicted octanol–water partition coefficient (Wildman–Crippen LogP) is 3.66. The number of benzene rings is 1. The first-order chi connectivity index (χ1) is 9.56. The zero-order valence-corrected chi connectivity index (χ0v) is 12.7. The highest BCUT2D eigenvalue weighted by atomic mass is 15.2. The summed E-state index contributed by atoms with van der Waals surface area (Å²) in [4.78, 5) is 6.59. The molecule has 0 radical (unpaired) electrons. The van der Waals surface area contributed by atoms with Crippen LogP contribution >= 0.6 is 0 Å². The van der Waals surface area contributed by atoms with Gasteiger partial charge in [0.05, 0.1) is 0 Å². The second-order valence-corrected chi connectivity index (χ2v) is 5.46. The average Bonchev–Trinajstić information content (AvgIpc) is 2.44. The second kappa shape index (κ2) is 6.53. The van der Waals surface area contributed by atoms with E-state index in [-0.39, 0.29) is 0 Å². The van der Waals surface area contributed by atoms with E-state index in [0.29, 0.717) is 6.04 Å². The normalized spacial score (nSPS) is 10.8. The third kappa shape index (κ3) is 3.81. The molecule has 0 atom stereocenters. The van der Waals surface area contributed by atoms with Gasteiger partial charge in [-0.1, -0.05) is 26.0 Å². The number of aromatic nitrogens is 1. The predicted molar refractivity (Wildman–Crippen MR) is 85.5 cm³/mol. The van der Waals surface area contributed by atoms with Gasteiger partial charge >= 0.3 is 0 Å². The summed E-state index contributed by atoms with van der Waals surface area (Å²) in [7, 11) is 2.05. The van der Waals surface area contributed by atoms with Gasteiger partial charge in [0, 0.05) is 31.5 Å². The van der Waals surface area contributed by atoms with Gasteiger partial charge in [-0.2, -0.15) is 0 Å². The van der Waals surface area contributed by atoms with Crippen molar-refractivity contribution in [3.05, 3.63) is 53.7 Å². The van der Waals surface area contributed by atoms with Crippen molar-refractivity contribution in [3.8, 4) is 0 Å². The van der Waals surface area contributed by atoms with Crippen molar-refractivity contribution in [2.75, 3.05) is 11.9 Å². The van der Waals surface area contributed by atoms with E-state index in [1.165, 1.54) is 11.1 Å². The Hall–Kier alpha value is -1.87. The van der Waals surface area contributed by atoms with E-state index >= 15 is 0 Å². The van der Waals surface area contributed by atoms with Crippen molar-refractivity contribution in [1.29, 1.82) is 0 Å². The summed E-state index contributed by atoms with van der Waals surface area (Å²) in [6.45, 7) is 7.28. The van der Waals surface area contributed by atoms with E-state index in [2.05, 4.69) is 79.4 Å². The van der Waals surface area contributed by atoms with Crippen LogP contribution in [0.3, 0.4) is 0 Å². The maximum atomic E-state index is 4.47. The highest BCUT2D eigenvalue weighted by Gasteiger charge is 2.06. The van der Waals surface area contributed by atoms with Crippen molar-refractivity contribution < 1.29 is 0 Å². The number of aryl methyl sites for hydroxylation is 1. The number of rotatable bonds is 5. The molecule has 0 aliphatic carbocycles. The molecule has 20 heavy (non-hydrogen) atoms. The lowest BCUT2D eigenvalue weighted by Crippen LogP contribution is -2.22. The summed E-state index contributed by atoms with van der Waals surface area (Å²) < 4.78 is 0. The van der Waals surface area contributed by atoms with Crippen LogP contribution in [0.1, 0.15) is 25.0 Å². The summed E-state index contributed by atoms with van der Waals surface area (Å²) >= 11 is 0. The van der Waals surface area contributed by atoms with Gasteiger partial charge in [0.25, 0.3) is 0 Å². The van der Waals surface area contributed by atoms with E-state index in [4.69, 9.17) is 0 Å². The van der Waals surface area contributed by atoms with Gasteiger partial charge in [-0.3, -0.25) is 0 Å². The third-order valence-corrected chi connectivity index (χ3v) is 3.26. The highest BCUT2D eigenvalue weighted by molar-refractivity contribution is 5.60. The van der Waals surface area contributed by atoms with E-state index in [0.717, 1.165) is 18.1 Å². The smallest absolute Gasteiger partial charge is 0.132 e. The van der Waals surface area contributed by atoms with E-state index in [1.807, 2.05) is 6.20 Å². The van der Waals surface area contributed by atoms with Crippen molar-refractivity contribution in [3.63, 3.8) is 0 Å². The van der Waals surface area contributed by atoms with E-state index in [9.17, 15) is 0 Å². The Kier molecular flexibility index (Phi) is 4.74. The van der Waals surface area contributed by atoms with Crippen LogP contribution in [-0.2, 0) is 6.54 Å². The number of nitrogens with zero attached hydrogens (tertiary/aromatic N) is 2. The topological polar surface area (TPSA) is 28.2 Å². The van der Waals surface area contributed by atoms with Crippen LogP contribution in [0.4, 0.5) is 11.5 Å². The van der Waals surface area contributed by atoms with Crippen molar-refractivity contribution in [1.82, 2.24) is 10.3 Å². The van der Waals surface area contributed by atoms with Crippen LogP contribution in [0, 0.1) is 6.92 Å². The quantitative estimate of drug-likeness (QED) is 0.898. The fourth-order valence-electron chi connectivity index (χ4n) is 2.04. The van der Waals surface area contributed by atoms with Crippen LogP contribution in [0.15, 0.2) is 42.6 Å². The Labute approximate surface area is 121 Å². The molecule has 0 amide bonds. The summed E-state index contributed by atoms with van der Waals surface area (Å²) in [5.41, 5.74) is 3.67. The first-order valence-electron chi connectivity index (χ1n) is 7.05. The summed E-state index contributed by atoms with van der Waals surface area (Å²) in [6.07, 6.45) is 1.87. The maximum Gasteiger partial charge on any atom is 0.132 e. The monoisotopic (exact) mass is 269 g/mol. The molecule has 0 saturated heterocycles. The Morgan fingerprint density at radius 1 is 1.20 bits per heavy atom. The Morgan fingerprint density at radius 2 is 2.00 bits per heavy atom. The minimum Gasteiger partial charge on any atom is -0.329 e. The minimum atomic E-state index is 0.487. The number of hydrogen-bond donors (Lipinski definition) is 1. The standard InChI is InChI=1S/C17H23N3/c1-13(2)19-12-15-8-9-18-17(11-15)20(4)16-7-5-6-14(3)10-16/h5-11,13,19H,12H2,1-4H3. The van der Waals surface area contributed by atoms with Crippen molar-refractivity contribution in [2.45, 2.75) is 33.4 Å². The molecule has 1 aromatic carbocycles. The molecule has 2 rings (SSSR count). The lowest BCUT2D eigenvalue weighted by molar-refractivity contribution is 0.588. The summed E-state index contributed by atoms with van der Waals surface area (Å²) in [5.74, 6) is 0.971. The number of anilines is 2. The molecular formula is C17H23N3. The van der Waals surface area contributed by atoms with Gasteiger partial charge in [-0.15, -0.1) is 0 Å². The van der Waals surface area contributed by atoms with Crippen LogP contribution in [0.2, 0.25) is 0 Å². The molecule has 3 heteroatoms. The summed E-state index contributed by atoms with van der Waals surface area (Å²) in [5, 5.41) is 3.43. The van der Waals surface area contributed by atoms with Crippen LogP contribution in [0.5, 0.6) is 0 Å². The molecule has 0 unspecified atom stereocenters. The first kappa shape index (κ1) is 14.5. The molecule has 0 aliphatic heterocycles. The zero-order valence-electron chi connectivity index (χ0n) is 12.7. The van der Waals surface area contributed by atoms with Crippen LogP contribution in [-0.4, -0.2) is 18.1 Å². The highest BCUT2D eigenvalue weighted by Crippen LogP contribution is 2.22. The zero-order chi connectivity index (χ0) is 14.5. The first-order valence-corrected chi connectivity index (χ1v) is 7.05.